The van der Waals surface area contributed by atoms with Gasteiger partial charge in [-0.25, -0.2) is 17.9 Å². The zero-order chi connectivity index (χ0) is 20.2. The first-order valence-electron chi connectivity index (χ1n) is 9.52. The summed E-state index contributed by atoms with van der Waals surface area (Å²) in [7, 11) is -1.79. The maximum atomic E-state index is 13.4. The second-order valence-corrected chi connectivity index (χ2v) is 9.61. The minimum atomic E-state index is -3.57. The summed E-state index contributed by atoms with van der Waals surface area (Å²) < 4.78 is 31.8. The summed E-state index contributed by atoms with van der Waals surface area (Å²) in [4.78, 5) is 4.58. The number of aromatic nitrogens is 5. The molecule has 0 N–H and O–H groups in total. The highest BCUT2D eigenvalue weighted by Crippen LogP contribution is 2.36. The Balaban J connectivity index is 1.62. The van der Waals surface area contributed by atoms with Crippen LogP contribution >= 0.6 is 0 Å². The maximum absolute atomic E-state index is 13.4. The Hall–Kier alpha value is -2.26. The number of nitrogens with zero attached hydrogens (tertiary/aromatic N) is 6. The zero-order valence-electron chi connectivity index (χ0n) is 16.9. The van der Waals surface area contributed by atoms with E-state index >= 15 is 0 Å². The predicted molar refractivity (Wildman–Crippen MR) is 106 cm³/mol. The topological polar surface area (TPSA) is 85.4 Å². The van der Waals surface area contributed by atoms with Gasteiger partial charge in [-0.1, -0.05) is 0 Å². The lowest BCUT2D eigenvalue weighted by Crippen LogP contribution is -2.44. The molecule has 0 saturated carbocycles. The molecule has 1 aliphatic rings. The van der Waals surface area contributed by atoms with Gasteiger partial charge in [0.1, 0.15) is 11.2 Å². The van der Waals surface area contributed by atoms with Gasteiger partial charge < -0.3 is 0 Å². The number of sulfonamides is 1. The van der Waals surface area contributed by atoms with Crippen molar-refractivity contribution in [2.75, 3.05) is 6.54 Å². The van der Waals surface area contributed by atoms with Gasteiger partial charge in [0.25, 0.3) is 0 Å². The van der Waals surface area contributed by atoms with Gasteiger partial charge >= 0.3 is 0 Å². The lowest BCUT2D eigenvalue weighted by atomic mass is 9.86. The van der Waals surface area contributed by atoms with E-state index in [0.29, 0.717) is 28.7 Å². The molecule has 4 rings (SSSR count). The van der Waals surface area contributed by atoms with Crippen LogP contribution in [-0.2, 0) is 17.1 Å². The molecule has 1 fully saturated rings. The molecule has 150 valence electrons. The molecule has 4 heterocycles. The van der Waals surface area contributed by atoms with Crippen LogP contribution in [0.5, 0.6) is 0 Å². The number of pyridine rings is 1. The van der Waals surface area contributed by atoms with Crippen LogP contribution in [0.1, 0.15) is 48.2 Å². The molecule has 9 heteroatoms. The highest BCUT2D eigenvalue weighted by atomic mass is 32.2. The van der Waals surface area contributed by atoms with Crippen molar-refractivity contribution in [2.45, 2.75) is 57.4 Å². The summed E-state index contributed by atoms with van der Waals surface area (Å²) in [5.74, 6) is 0.297. The van der Waals surface area contributed by atoms with Crippen LogP contribution in [0.15, 0.2) is 23.5 Å². The van der Waals surface area contributed by atoms with E-state index < -0.39 is 10.0 Å². The molecular weight excluding hydrogens is 376 g/mol. The third-order valence-corrected chi connectivity index (χ3v) is 8.19. The van der Waals surface area contributed by atoms with Crippen molar-refractivity contribution in [1.82, 2.24) is 28.7 Å². The third-order valence-electron chi connectivity index (χ3n) is 5.93. The fraction of sp³-hybridized carbons (Fsp3) is 0.526. The number of piperidine rings is 1. The first-order valence-corrected chi connectivity index (χ1v) is 11.0. The Morgan fingerprint density at radius 2 is 1.96 bits per heavy atom. The lowest BCUT2D eigenvalue weighted by Gasteiger charge is -2.37. The first-order chi connectivity index (χ1) is 13.2. The number of fused-ring (bicyclic) bond motifs is 1. The van der Waals surface area contributed by atoms with E-state index in [9.17, 15) is 8.42 Å². The molecule has 3 aromatic heterocycles. The number of hydrogen-bond donors (Lipinski definition) is 0. The van der Waals surface area contributed by atoms with Crippen LogP contribution in [0, 0.1) is 20.8 Å². The van der Waals surface area contributed by atoms with Crippen molar-refractivity contribution in [3.8, 4) is 0 Å². The summed E-state index contributed by atoms with van der Waals surface area (Å²) in [5, 5.41) is 8.53. The van der Waals surface area contributed by atoms with E-state index in [1.165, 1.54) is 11.1 Å². The van der Waals surface area contributed by atoms with Gasteiger partial charge in [0.15, 0.2) is 5.65 Å². The van der Waals surface area contributed by atoms with Crippen molar-refractivity contribution in [3.63, 3.8) is 0 Å². The van der Waals surface area contributed by atoms with Gasteiger partial charge in [-0.3, -0.25) is 4.68 Å². The van der Waals surface area contributed by atoms with Crippen molar-refractivity contribution >= 4 is 15.7 Å². The molecule has 2 atom stereocenters. The molecule has 2 unspecified atom stereocenters. The van der Waals surface area contributed by atoms with Crippen molar-refractivity contribution in [3.05, 3.63) is 41.1 Å². The van der Waals surface area contributed by atoms with Crippen LogP contribution in [0.4, 0.5) is 0 Å². The van der Waals surface area contributed by atoms with Gasteiger partial charge in [0.05, 0.1) is 11.4 Å². The fourth-order valence-electron chi connectivity index (χ4n) is 4.43. The Bertz CT molecular complexity index is 1150. The monoisotopic (exact) mass is 402 g/mol. The van der Waals surface area contributed by atoms with Gasteiger partial charge in [-0.2, -0.15) is 14.5 Å². The summed E-state index contributed by atoms with van der Waals surface area (Å²) in [5.41, 5.74) is 4.46. The SMILES string of the molecule is Cc1cc2ncnn2cc1C1CCN(S(=O)(=O)c2c(C)nn(C)c2C)C(C)C1. The van der Waals surface area contributed by atoms with Crippen LogP contribution in [0.2, 0.25) is 0 Å². The summed E-state index contributed by atoms with van der Waals surface area (Å²) in [6, 6.07) is 1.95. The molecule has 0 bridgehead atoms. The molecule has 0 aliphatic carbocycles. The fourth-order valence-corrected chi connectivity index (χ4v) is 6.49. The normalized spacial score (nSPS) is 21.5. The minimum Gasteiger partial charge on any atom is -0.271 e. The molecule has 0 amide bonds. The summed E-state index contributed by atoms with van der Waals surface area (Å²) >= 11 is 0. The van der Waals surface area contributed by atoms with E-state index in [4.69, 9.17) is 0 Å². The average Bonchev–Trinajstić information content (AvgIpc) is 3.17. The predicted octanol–water partition coefficient (Wildman–Crippen LogP) is 2.34. The summed E-state index contributed by atoms with van der Waals surface area (Å²) in [6.45, 7) is 8.14. The summed E-state index contributed by atoms with van der Waals surface area (Å²) in [6.07, 6.45) is 5.14. The largest absolute Gasteiger partial charge is 0.271 e. The van der Waals surface area contributed by atoms with Gasteiger partial charge in [0, 0.05) is 25.8 Å². The highest BCUT2D eigenvalue weighted by Gasteiger charge is 2.38. The number of rotatable bonds is 3. The highest BCUT2D eigenvalue weighted by molar-refractivity contribution is 7.89. The zero-order valence-corrected chi connectivity index (χ0v) is 17.7. The van der Waals surface area contributed by atoms with Crippen molar-refractivity contribution < 1.29 is 8.42 Å². The molecule has 8 nitrogen and oxygen atoms in total. The second kappa shape index (κ2) is 6.66. The molecule has 28 heavy (non-hydrogen) atoms. The molecular formula is C19H26N6O2S. The van der Waals surface area contributed by atoms with Crippen molar-refractivity contribution in [1.29, 1.82) is 0 Å². The quantitative estimate of drug-likeness (QED) is 0.671. The molecule has 1 aliphatic heterocycles. The van der Waals surface area contributed by atoms with Gasteiger partial charge in [0.2, 0.25) is 10.0 Å². The van der Waals surface area contributed by atoms with Crippen LogP contribution in [-0.4, -0.2) is 49.7 Å². The van der Waals surface area contributed by atoms with Crippen LogP contribution < -0.4 is 0 Å². The Morgan fingerprint density at radius 1 is 1.21 bits per heavy atom. The third kappa shape index (κ3) is 2.93. The van der Waals surface area contributed by atoms with Gasteiger partial charge in [-0.05, 0) is 63.6 Å². The smallest absolute Gasteiger partial charge is 0.246 e. The number of hydrogen-bond acceptors (Lipinski definition) is 5. The molecule has 0 radical (unpaired) electrons. The van der Waals surface area contributed by atoms with E-state index in [1.54, 1.807) is 40.7 Å². The Kier molecular flexibility index (Phi) is 4.54. The average molecular weight is 403 g/mol. The molecule has 0 spiro atoms. The second-order valence-electron chi connectivity index (χ2n) is 7.78. The van der Waals surface area contributed by atoms with E-state index in [0.717, 1.165) is 18.5 Å². The lowest BCUT2D eigenvalue weighted by molar-refractivity contribution is 0.245. The Labute approximate surface area is 165 Å². The maximum Gasteiger partial charge on any atom is 0.246 e. The minimum absolute atomic E-state index is 0.0893. The standard InChI is InChI=1S/C19H26N6O2S/c1-12-8-18-20-11-21-24(18)10-17(12)16-6-7-25(13(2)9-16)28(26,27)19-14(3)22-23(5)15(19)4/h8,10-11,13,16H,6-7,9H2,1-5H3. The molecule has 0 aromatic carbocycles. The van der Waals surface area contributed by atoms with E-state index in [2.05, 4.69) is 22.1 Å². The molecule has 1 saturated heterocycles. The van der Waals surface area contributed by atoms with Crippen LogP contribution in [0.3, 0.4) is 0 Å². The molecule has 3 aromatic rings. The van der Waals surface area contributed by atoms with Gasteiger partial charge in [-0.15, -0.1) is 0 Å². The van der Waals surface area contributed by atoms with E-state index in [1.807, 2.05) is 19.2 Å². The van der Waals surface area contributed by atoms with E-state index in [-0.39, 0.29) is 6.04 Å². The van der Waals surface area contributed by atoms with Crippen molar-refractivity contribution in [2.24, 2.45) is 7.05 Å². The number of aryl methyl sites for hydroxylation is 3. The Morgan fingerprint density at radius 3 is 2.61 bits per heavy atom. The van der Waals surface area contributed by atoms with Crippen LogP contribution in [0.25, 0.3) is 5.65 Å². The first kappa shape index (κ1) is 19.1.